The first-order valence-electron chi connectivity index (χ1n) is 7.34. The molecular formula is C15H26N2. The minimum atomic E-state index is 0.936. The molecule has 0 aromatic carbocycles. The molecule has 1 fully saturated rings. The summed E-state index contributed by atoms with van der Waals surface area (Å²) in [6, 6.07) is 0. The zero-order valence-electron chi connectivity index (χ0n) is 11.1. The number of nitrogens with zero attached hydrogens (tertiary/aromatic N) is 2. The monoisotopic (exact) mass is 234 g/mol. The molecule has 17 heavy (non-hydrogen) atoms. The highest BCUT2D eigenvalue weighted by molar-refractivity contribution is 4.76. The second-order valence-electron chi connectivity index (χ2n) is 5.63. The maximum Gasteiger partial charge on any atom is 0.0945 e. The van der Waals surface area contributed by atoms with Gasteiger partial charge in [0.05, 0.1) is 6.33 Å². The molecule has 0 saturated heterocycles. The van der Waals surface area contributed by atoms with Gasteiger partial charge < -0.3 is 4.57 Å². The van der Waals surface area contributed by atoms with Crippen LogP contribution in [0.2, 0.25) is 0 Å². The van der Waals surface area contributed by atoms with E-state index in [9.17, 15) is 0 Å². The molecular weight excluding hydrogens is 208 g/mol. The molecule has 2 nitrogen and oxygen atoms in total. The first kappa shape index (κ1) is 12.7. The maximum atomic E-state index is 4.11. The fourth-order valence-electron chi connectivity index (χ4n) is 3.26. The lowest BCUT2D eigenvalue weighted by Crippen LogP contribution is -2.10. The predicted molar refractivity (Wildman–Crippen MR) is 71.8 cm³/mol. The van der Waals surface area contributed by atoms with Crippen LogP contribution >= 0.6 is 0 Å². The van der Waals surface area contributed by atoms with E-state index in [-0.39, 0.29) is 0 Å². The van der Waals surface area contributed by atoms with E-state index in [1.54, 1.807) is 0 Å². The van der Waals surface area contributed by atoms with Gasteiger partial charge in [0.25, 0.3) is 0 Å². The fraction of sp³-hybridized carbons (Fsp3) is 0.800. The molecule has 1 unspecified atom stereocenters. The molecule has 1 saturated carbocycles. The molecule has 96 valence electrons. The van der Waals surface area contributed by atoms with Gasteiger partial charge in [0.1, 0.15) is 0 Å². The smallest absolute Gasteiger partial charge is 0.0945 e. The molecule has 2 heteroatoms. The molecule has 0 N–H and O–H groups in total. The van der Waals surface area contributed by atoms with Crippen molar-refractivity contribution in [1.29, 1.82) is 0 Å². The van der Waals surface area contributed by atoms with E-state index in [1.165, 1.54) is 51.4 Å². The van der Waals surface area contributed by atoms with Crippen LogP contribution in [0.3, 0.4) is 0 Å². The fourth-order valence-corrected chi connectivity index (χ4v) is 3.26. The van der Waals surface area contributed by atoms with Crippen LogP contribution in [0, 0.1) is 11.8 Å². The number of rotatable bonds is 7. The summed E-state index contributed by atoms with van der Waals surface area (Å²) in [6.07, 6.45) is 17.4. The van der Waals surface area contributed by atoms with Crippen molar-refractivity contribution in [3.8, 4) is 0 Å². The summed E-state index contributed by atoms with van der Waals surface area (Å²) in [6.45, 7) is 3.47. The molecule has 0 aliphatic heterocycles. The minimum absolute atomic E-state index is 0.936. The lowest BCUT2D eigenvalue weighted by molar-refractivity contribution is 0.322. The lowest BCUT2D eigenvalue weighted by atomic mass is 9.88. The van der Waals surface area contributed by atoms with Crippen molar-refractivity contribution in [2.45, 2.75) is 64.8 Å². The summed E-state index contributed by atoms with van der Waals surface area (Å²) in [5.41, 5.74) is 0. The third-order valence-corrected chi connectivity index (χ3v) is 4.19. The van der Waals surface area contributed by atoms with Crippen molar-refractivity contribution >= 4 is 0 Å². The molecule has 1 aromatic rings. The van der Waals surface area contributed by atoms with Gasteiger partial charge in [-0.25, -0.2) is 4.98 Å². The number of hydrogen-bond acceptors (Lipinski definition) is 1. The van der Waals surface area contributed by atoms with Gasteiger partial charge in [-0.05, 0) is 24.7 Å². The molecule has 0 spiro atoms. The van der Waals surface area contributed by atoms with Gasteiger partial charge >= 0.3 is 0 Å². The summed E-state index contributed by atoms with van der Waals surface area (Å²) in [5, 5.41) is 0. The Hall–Kier alpha value is -0.790. The largest absolute Gasteiger partial charge is 0.337 e. The first-order chi connectivity index (χ1) is 8.38. The van der Waals surface area contributed by atoms with Gasteiger partial charge in [-0.1, -0.05) is 45.4 Å². The molecule has 1 aliphatic rings. The van der Waals surface area contributed by atoms with Crippen LogP contribution in [0.25, 0.3) is 0 Å². The van der Waals surface area contributed by atoms with Crippen LogP contribution in [0.15, 0.2) is 18.7 Å². The first-order valence-corrected chi connectivity index (χ1v) is 7.34. The minimum Gasteiger partial charge on any atom is -0.337 e. The van der Waals surface area contributed by atoms with Crippen LogP contribution in [-0.4, -0.2) is 9.55 Å². The van der Waals surface area contributed by atoms with Crippen LogP contribution in [-0.2, 0) is 6.54 Å². The number of aryl methyl sites for hydroxylation is 1. The van der Waals surface area contributed by atoms with Crippen molar-refractivity contribution in [2.24, 2.45) is 11.8 Å². The predicted octanol–water partition coefficient (Wildman–Crippen LogP) is 4.27. The topological polar surface area (TPSA) is 17.8 Å². The average molecular weight is 234 g/mol. The third kappa shape index (κ3) is 4.18. The number of imidazole rings is 1. The van der Waals surface area contributed by atoms with E-state index in [0.29, 0.717) is 0 Å². The molecule has 1 heterocycles. The lowest BCUT2D eigenvalue weighted by Gasteiger charge is -2.20. The molecule has 2 rings (SSSR count). The van der Waals surface area contributed by atoms with E-state index in [0.717, 1.165) is 18.4 Å². The van der Waals surface area contributed by atoms with Crippen molar-refractivity contribution in [3.05, 3.63) is 18.7 Å². The van der Waals surface area contributed by atoms with Gasteiger partial charge in [-0.15, -0.1) is 0 Å². The average Bonchev–Trinajstić information content (AvgIpc) is 2.99. The Morgan fingerprint density at radius 1 is 1.29 bits per heavy atom. The molecule has 1 atom stereocenters. The van der Waals surface area contributed by atoms with Gasteiger partial charge in [0.2, 0.25) is 0 Å². The SMILES string of the molecule is CCCC(CCn1ccnc1)CC1CCCC1. The highest BCUT2D eigenvalue weighted by Gasteiger charge is 2.19. The Balaban J connectivity index is 1.75. The quantitative estimate of drug-likeness (QED) is 0.689. The van der Waals surface area contributed by atoms with Crippen LogP contribution < -0.4 is 0 Å². The molecule has 0 bridgehead atoms. The Kier molecular flexibility index (Phi) is 5.08. The normalized spacial score (nSPS) is 18.6. The van der Waals surface area contributed by atoms with Crippen molar-refractivity contribution in [1.82, 2.24) is 9.55 Å². The third-order valence-electron chi connectivity index (χ3n) is 4.19. The van der Waals surface area contributed by atoms with Gasteiger partial charge in [0.15, 0.2) is 0 Å². The summed E-state index contributed by atoms with van der Waals surface area (Å²) in [7, 11) is 0. The Morgan fingerprint density at radius 3 is 2.76 bits per heavy atom. The molecule has 0 radical (unpaired) electrons. The number of hydrogen-bond donors (Lipinski definition) is 0. The molecule has 1 aromatic heterocycles. The van der Waals surface area contributed by atoms with Crippen molar-refractivity contribution in [3.63, 3.8) is 0 Å². The summed E-state index contributed by atoms with van der Waals surface area (Å²) in [4.78, 5) is 4.11. The Morgan fingerprint density at radius 2 is 2.12 bits per heavy atom. The Labute approximate surface area is 105 Å². The Bertz CT molecular complexity index is 286. The number of aromatic nitrogens is 2. The van der Waals surface area contributed by atoms with Gasteiger partial charge in [-0.3, -0.25) is 0 Å². The van der Waals surface area contributed by atoms with E-state index in [1.807, 2.05) is 12.5 Å². The summed E-state index contributed by atoms with van der Waals surface area (Å²) >= 11 is 0. The second-order valence-corrected chi connectivity index (χ2v) is 5.63. The van der Waals surface area contributed by atoms with Crippen LogP contribution in [0.4, 0.5) is 0 Å². The standard InChI is InChI=1S/C15H26N2/c1-2-5-14(12-15-6-3-4-7-15)8-10-17-11-9-16-13-17/h9,11,13-15H,2-8,10,12H2,1H3. The van der Waals surface area contributed by atoms with Crippen LogP contribution in [0.5, 0.6) is 0 Å². The zero-order chi connectivity index (χ0) is 11.9. The molecule has 1 aliphatic carbocycles. The summed E-state index contributed by atoms with van der Waals surface area (Å²) in [5.74, 6) is 1.97. The summed E-state index contributed by atoms with van der Waals surface area (Å²) < 4.78 is 2.22. The highest BCUT2D eigenvalue weighted by atomic mass is 15.0. The van der Waals surface area contributed by atoms with E-state index in [4.69, 9.17) is 0 Å². The van der Waals surface area contributed by atoms with Gasteiger partial charge in [0, 0.05) is 18.9 Å². The van der Waals surface area contributed by atoms with Crippen molar-refractivity contribution in [2.75, 3.05) is 0 Å². The highest BCUT2D eigenvalue weighted by Crippen LogP contribution is 2.33. The second kappa shape index (κ2) is 6.83. The van der Waals surface area contributed by atoms with E-state index in [2.05, 4.69) is 22.7 Å². The van der Waals surface area contributed by atoms with E-state index < -0.39 is 0 Å². The van der Waals surface area contributed by atoms with E-state index >= 15 is 0 Å². The zero-order valence-corrected chi connectivity index (χ0v) is 11.1. The van der Waals surface area contributed by atoms with Gasteiger partial charge in [-0.2, -0.15) is 0 Å². The van der Waals surface area contributed by atoms with Crippen molar-refractivity contribution < 1.29 is 0 Å². The molecule has 0 amide bonds. The van der Waals surface area contributed by atoms with Crippen LogP contribution in [0.1, 0.15) is 58.3 Å². The maximum absolute atomic E-state index is 4.11.